The minimum atomic E-state index is -0.300. The third-order valence-electron chi connectivity index (χ3n) is 2.30. The summed E-state index contributed by atoms with van der Waals surface area (Å²) in [5.41, 5.74) is 7.15. The minimum Gasteiger partial charge on any atom is -0.468 e. The van der Waals surface area contributed by atoms with Gasteiger partial charge in [-0.15, -0.1) is 11.8 Å². The zero-order chi connectivity index (χ0) is 11.5. The fraction of sp³-hybridized carbons (Fsp3) is 0.167. The van der Waals surface area contributed by atoms with Crippen LogP contribution in [0.3, 0.4) is 0 Å². The monoisotopic (exact) mass is 237 g/mol. The number of thioether (sulfide) groups is 1. The van der Waals surface area contributed by atoms with Crippen LogP contribution in [0.5, 0.6) is 0 Å². The van der Waals surface area contributed by atoms with Crippen molar-refractivity contribution in [3.05, 3.63) is 47.7 Å². The highest BCUT2D eigenvalue weighted by molar-refractivity contribution is 7.98. The number of aryl methyl sites for hydroxylation is 1. The Morgan fingerprint density at radius 2 is 2.19 bits per heavy atom. The van der Waals surface area contributed by atoms with Gasteiger partial charge in [-0.1, -0.05) is 6.07 Å². The Morgan fingerprint density at radius 3 is 2.81 bits per heavy atom. The topological polar surface area (TPSA) is 39.2 Å². The van der Waals surface area contributed by atoms with Crippen molar-refractivity contribution in [2.75, 3.05) is 5.73 Å². The predicted molar refractivity (Wildman–Crippen MR) is 63.8 cm³/mol. The lowest BCUT2D eigenvalue weighted by Gasteiger charge is -2.04. The molecule has 2 aromatic rings. The molecular formula is C12H12FNOS. The van der Waals surface area contributed by atoms with Crippen molar-refractivity contribution in [3.8, 4) is 0 Å². The summed E-state index contributed by atoms with van der Waals surface area (Å²) in [4.78, 5) is 1.09. The van der Waals surface area contributed by atoms with E-state index in [9.17, 15) is 4.39 Å². The molecule has 2 nitrogen and oxygen atoms in total. The number of hydrogen-bond acceptors (Lipinski definition) is 3. The maximum Gasteiger partial charge on any atom is 0.125 e. The van der Waals surface area contributed by atoms with Gasteiger partial charge >= 0.3 is 0 Å². The Bertz CT molecular complexity index is 496. The van der Waals surface area contributed by atoms with Gasteiger partial charge in [0.05, 0.1) is 6.26 Å². The first-order valence-electron chi connectivity index (χ1n) is 4.87. The van der Waals surface area contributed by atoms with Crippen LogP contribution in [0.4, 0.5) is 10.1 Å². The summed E-state index contributed by atoms with van der Waals surface area (Å²) in [5.74, 6) is 1.31. The smallest absolute Gasteiger partial charge is 0.125 e. The molecule has 0 radical (unpaired) electrons. The standard InChI is InChI=1S/C12H12FNOS/c1-8-12(4-5-15-8)16-7-9-2-3-10(13)6-11(9)14/h2-6H,7,14H2,1H3. The highest BCUT2D eigenvalue weighted by Crippen LogP contribution is 2.28. The predicted octanol–water partition coefficient (Wildman–Crippen LogP) is 3.60. The summed E-state index contributed by atoms with van der Waals surface area (Å²) in [6.07, 6.45) is 1.66. The molecule has 0 bridgehead atoms. The van der Waals surface area contributed by atoms with E-state index in [1.807, 2.05) is 13.0 Å². The summed E-state index contributed by atoms with van der Waals surface area (Å²) >= 11 is 1.63. The molecule has 0 fully saturated rings. The van der Waals surface area contributed by atoms with Crippen LogP contribution in [0.1, 0.15) is 11.3 Å². The average Bonchev–Trinajstić information content (AvgIpc) is 2.63. The molecule has 0 saturated carbocycles. The van der Waals surface area contributed by atoms with Gasteiger partial charge < -0.3 is 10.2 Å². The number of nitrogen functional groups attached to an aromatic ring is 1. The molecule has 0 aliphatic heterocycles. The molecule has 0 saturated heterocycles. The largest absolute Gasteiger partial charge is 0.468 e. The van der Waals surface area contributed by atoms with Gasteiger partial charge in [-0.2, -0.15) is 0 Å². The summed E-state index contributed by atoms with van der Waals surface area (Å²) < 4.78 is 18.0. The van der Waals surface area contributed by atoms with E-state index < -0.39 is 0 Å². The van der Waals surface area contributed by atoms with Crippen LogP contribution in [-0.4, -0.2) is 0 Å². The molecule has 0 amide bonds. The fourth-order valence-corrected chi connectivity index (χ4v) is 2.35. The summed E-state index contributed by atoms with van der Waals surface area (Å²) in [6.45, 7) is 1.91. The lowest BCUT2D eigenvalue weighted by atomic mass is 10.2. The number of furan rings is 1. The highest BCUT2D eigenvalue weighted by atomic mass is 32.2. The molecule has 1 aromatic carbocycles. The number of hydrogen-bond donors (Lipinski definition) is 1. The van der Waals surface area contributed by atoms with E-state index in [4.69, 9.17) is 10.2 Å². The zero-order valence-electron chi connectivity index (χ0n) is 8.87. The van der Waals surface area contributed by atoms with Crippen LogP contribution < -0.4 is 5.73 Å². The molecule has 2 rings (SSSR count). The first-order valence-corrected chi connectivity index (χ1v) is 5.86. The van der Waals surface area contributed by atoms with E-state index in [1.54, 1.807) is 24.1 Å². The molecule has 1 aromatic heterocycles. The second-order valence-corrected chi connectivity index (χ2v) is 4.49. The lowest BCUT2D eigenvalue weighted by molar-refractivity contribution is 0.527. The number of anilines is 1. The van der Waals surface area contributed by atoms with Crippen molar-refractivity contribution in [1.82, 2.24) is 0 Å². The zero-order valence-corrected chi connectivity index (χ0v) is 9.68. The summed E-state index contributed by atoms with van der Waals surface area (Å²) in [6, 6.07) is 6.40. The first-order chi connectivity index (χ1) is 7.66. The van der Waals surface area contributed by atoms with Crippen LogP contribution in [0.15, 0.2) is 39.8 Å². The Balaban J connectivity index is 2.08. The van der Waals surface area contributed by atoms with E-state index >= 15 is 0 Å². The molecule has 0 aliphatic carbocycles. The van der Waals surface area contributed by atoms with Crippen molar-refractivity contribution in [1.29, 1.82) is 0 Å². The van der Waals surface area contributed by atoms with Crippen molar-refractivity contribution in [3.63, 3.8) is 0 Å². The van der Waals surface area contributed by atoms with Crippen LogP contribution in [-0.2, 0) is 5.75 Å². The Morgan fingerprint density at radius 1 is 1.38 bits per heavy atom. The molecule has 0 atom stereocenters. The molecule has 0 aliphatic rings. The minimum absolute atomic E-state index is 0.300. The molecular weight excluding hydrogens is 225 g/mol. The van der Waals surface area contributed by atoms with Gasteiger partial charge in [0.25, 0.3) is 0 Å². The average molecular weight is 237 g/mol. The van der Waals surface area contributed by atoms with E-state index in [0.717, 1.165) is 16.2 Å². The number of rotatable bonds is 3. The Hall–Kier alpha value is -1.42. The maximum atomic E-state index is 12.8. The maximum absolute atomic E-state index is 12.8. The van der Waals surface area contributed by atoms with Gasteiger partial charge in [-0.3, -0.25) is 0 Å². The van der Waals surface area contributed by atoms with Gasteiger partial charge in [0.2, 0.25) is 0 Å². The Labute approximate surface area is 97.6 Å². The van der Waals surface area contributed by atoms with E-state index in [0.29, 0.717) is 11.4 Å². The highest BCUT2D eigenvalue weighted by Gasteiger charge is 2.05. The van der Waals surface area contributed by atoms with Crippen molar-refractivity contribution < 1.29 is 8.81 Å². The van der Waals surface area contributed by atoms with Gasteiger partial charge in [-0.05, 0) is 30.7 Å². The van der Waals surface area contributed by atoms with Crippen molar-refractivity contribution in [2.45, 2.75) is 17.6 Å². The van der Waals surface area contributed by atoms with E-state index in [2.05, 4.69) is 0 Å². The van der Waals surface area contributed by atoms with E-state index in [1.165, 1.54) is 12.1 Å². The third kappa shape index (κ3) is 2.39. The molecule has 1 heterocycles. The lowest BCUT2D eigenvalue weighted by Crippen LogP contribution is -1.93. The van der Waals surface area contributed by atoms with Crippen LogP contribution in [0, 0.1) is 12.7 Å². The van der Waals surface area contributed by atoms with Crippen LogP contribution in [0.25, 0.3) is 0 Å². The van der Waals surface area contributed by atoms with Crippen LogP contribution in [0.2, 0.25) is 0 Å². The molecule has 0 spiro atoms. The molecule has 4 heteroatoms. The fourth-order valence-electron chi connectivity index (χ4n) is 1.38. The number of nitrogens with two attached hydrogens (primary N) is 1. The van der Waals surface area contributed by atoms with E-state index in [-0.39, 0.29) is 5.82 Å². The van der Waals surface area contributed by atoms with Crippen LogP contribution >= 0.6 is 11.8 Å². The molecule has 84 valence electrons. The number of benzene rings is 1. The summed E-state index contributed by atoms with van der Waals surface area (Å²) in [7, 11) is 0. The molecule has 2 N–H and O–H groups in total. The SMILES string of the molecule is Cc1occc1SCc1ccc(F)cc1N. The van der Waals surface area contributed by atoms with Crippen molar-refractivity contribution in [2.24, 2.45) is 0 Å². The van der Waals surface area contributed by atoms with Gasteiger partial charge in [0.15, 0.2) is 0 Å². The Kier molecular flexibility index (Phi) is 3.19. The molecule has 16 heavy (non-hydrogen) atoms. The third-order valence-corrected chi connectivity index (χ3v) is 3.49. The first kappa shape index (κ1) is 11.1. The second kappa shape index (κ2) is 4.61. The quantitative estimate of drug-likeness (QED) is 0.654. The number of halogens is 1. The van der Waals surface area contributed by atoms with Gasteiger partial charge in [0, 0.05) is 16.3 Å². The van der Waals surface area contributed by atoms with Crippen molar-refractivity contribution >= 4 is 17.4 Å². The molecule has 0 unspecified atom stereocenters. The summed E-state index contributed by atoms with van der Waals surface area (Å²) in [5, 5.41) is 0. The second-order valence-electron chi connectivity index (χ2n) is 3.47. The normalized spacial score (nSPS) is 10.6. The van der Waals surface area contributed by atoms with Gasteiger partial charge in [-0.25, -0.2) is 4.39 Å². The van der Waals surface area contributed by atoms with Gasteiger partial charge in [0.1, 0.15) is 11.6 Å².